The van der Waals surface area contributed by atoms with Crippen LogP contribution in [0.4, 0.5) is 0 Å². The number of ether oxygens (including phenoxy) is 1. The molecule has 1 aromatic carbocycles. The van der Waals surface area contributed by atoms with Gasteiger partial charge < -0.3 is 14.9 Å². The molecule has 100 valence electrons. The van der Waals surface area contributed by atoms with Crippen molar-refractivity contribution in [1.82, 2.24) is 0 Å². The first-order valence-corrected chi connectivity index (χ1v) is 9.34. The van der Waals surface area contributed by atoms with E-state index in [2.05, 4.69) is 24.4 Å². The van der Waals surface area contributed by atoms with Crippen molar-refractivity contribution in [3.63, 3.8) is 0 Å². The van der Waals surface area contributed by atoms with Crippen molar-refractivity contribution in [2.75, 3.05) is 7.11 Å². The van der Waals surface area contributed by atoms with Crippen molar-refractivity contribution >= 4 is 14.3 Å². The molecule has 0 saturated heterocycles. The Bertz CT molecular complexity index is 398. The van der Waals surface area contributed by atoms with Gasteiger partial charge in [0.1, 0.15) is 11.8 Å². The van der Waals surface area contributed by atoms with Crippen molar-refractivity contribution in [2.45, 2.75) is 32.1 Å². The predicted molar refractivity (Wildman–Crippen MR) is 74.1 cm³/mol. The van der Waals surface area contributed by atoms with E-state index in [-0.39, 0.29) is 0 Å². The Morgan fingerprint density at radius 1 is 1.28 bits per heavy atom. The Morgan fingerprint density at radius 2 is 1.83 bits per heavy atom. The molecule has 0 fully saturated rings. The highest BCUT2D eigenvalue weighted by Crippen LogP contribution is 2.17. The van der Waals surface area contributed by atoms with Crippen molar-refractivity contribution in [3.05, 3.63) is 29.8 Å². The summed E-state index contributed by atoms with van der Waals surface area (Å²) in [5, 5.41) is 0. The molecule has 0 bridgehead atoms. The predicted octanol–water partition coefficient (Wildman–Crippen LogP) is 1.94. The summed E-state index contributed by atoms with van der Waals surface area (Å²) in [6, 6.07) is 7.07. The molecule has 0 spiro atoms. The molecule has 0 amide bonds. The zero-order chi connectivity index (χ0) is 13.8. The molecule has 1 rings (SSSR count). The molecule has 2 N–H and O–H groups in total. The lowest BCUT2D eigenvalue weighted by atomic mass is 10.1. The largest absolute Gasteiger partial charge is 0.544 e. The van der Waals surface area contributed by atoms with Crippen molar-refractivity contribution in [2.24, 2.45) is 5.73 Å². The Hall–Kier alpha value is -1.33. The molecule has 0 aliphatic carbocycles. The Labute approximate surface area is 109 Å². The van der Waals surface area contributed by atoms with E-state index < -0.39 is 20.3 Å². The Balaban J connectivity index is 2.63. The lowest BCUT2D eigenvalue weighted by Gasteiger charge is -2.19. The number of nitrogens with two attached hydrogens (primary N) is 1. The highest BCUT2D eigenvalue weighted by molar-refractivity contribution is 6.70. The second kappa shape index (κ2) is 6.02. The van der Waals surface area contributed by atoms with Crippen LogP contribution in [0.1, 0.15) is 5.56 Å². The lowest BCUT2D eigenvalue weighted by Crippen LogP contribution is -2.33. The molecule has 0 saturated carbocycles. The number of esters is 1. The van der Waals surface area contributed by atoms with Gasteiger partial charge in [-0.05, 0) is 43.8 Å². The van der Waals surface area contributed by atoms with E-state index in [1.807, 2.05) is 24.3 Å². The van der Waals surface area contributed by atoms with Crippen LogP contribution in [-0.4, -0.2) is 27.4 Å². The maximum Gasteiger partial charge on any atom is 0.322 e. The van der Waals surface area contributed by atoms with E-state index in [4.69, 9.17) is 10.2 Å². The highest BCUT2D eigenvalue weighted by atomic mass is 28.4. The minimum Gasteiger partial charge on any atom is -0.544 e. The number of hydrogen-bond acceptors (Lipinski definition) is 4. The van der Waals surface area contributed by atoms with Gasteiger partial charge in [-0.3, -0.25) is 4.79 Å². The zero-order valence-corrected chi connectivity index (χ0v) is 12.4. The summed E-state index contributed by atoms with van der Waals surface area (Å²) in [5.41, 5.74) is 6.70. The maximum absolute atomic E-state index is 11.2. The van der Waals surface area contributed by atoms with Gasteiger partial charge >= 0.3 is 5.97 Å². The summed E-state index contributed by atoms with van der Waals surface area (Å²) in [5.74, 6) is 0.474. The molecule has 0 heterocycles. The maximum atomic E-state index is 11.2. The minimum atomic E-state index is -1.57. The van der Waals surface area contributed by atoms with E-state index in [9.17, 15) is 4.79 Å². The minimum absolute atomic E-state index is 0.391. The van der Waals surface area contributed by atoms with Crippen molar-refractivity contribution in [1.29, 1.82) is 0 Å². The van der Waals surface area contributed by atoms with Crippen molar-refractivity contribution < 1.29 is 14.0 Å². The summed E-state index contributed by atoms with van der Waals surface area (Å²) >= 11 is 0. The summed E-state index contributed by atoms with van der Waals surface area (Å²) in [4.78, 5) is 11.2. The third kappa shape index (κ3) is 4.89. The molecular weight excluding hydrogens is 246 g/mol. The molecular formula is C13H21NO3Si. The zero-order valence-electron chi connectivity index (χ0n) is 11.4. The summed E-state index contributed by atoms with van der Waals surface area (Å²) < 4.78 is 10.4. The molecule has 0 unspecified atom stereocenters. The second-order valence-electron chi connectivity index (χ2n) is 5.19. The number of hydrogen-bond donors (Lipinski definition) is 1. The van der Waals surface area contributed by atoms with E-state index >= 15 is 0 Å². The molecule has 1 aromatic rings. The van der Waals surface area contributed by atoms with Crippen LogP contribution in [0.2, 0.25) is 19.6 Å². The van der Waals surface area contributed by atoms with Crippen LogP contribution in [0.5, 0.6) is 5.75 Å². The average molecular weight is 267 g/mol. The molecule has 1 atom stereocenters. The summed E-state index contributed by atoms with van der Waals surface area (Å²) in [6.07, 6.45) is 0.472. The topological polar surface area (TPSA) is 61.5 Å². The number of carbonyl (C=O) groups excluding carboxylic acids is 1. The number of carbonyl (C=O) groups is 1. The number of rotatable bonds is 5. The second-order valence-corrected chi connectivity index (χ2v) is 9.62. The molecule has 0 aliphatic heterocycles. The smallest absolute Gasteiger partial charge is 0.322 e. The van der Waals surface area contributed by atoms with Crippen molar-refractivity contribution in [3.8, 4) is 5.75 Å². The Kier molecular flexibility index (Phi) is 4.92. The van der Waals surface area contributed by atoms with Gasteiger partial charge in [0.05, 0.1) is 7.11 Å². The van der Waals surface area contributed by atoms with Crippen LogP contribution < -0.4 is 10.2 Å². The summed E-state index contributed by atoms with van der Waals surface area (Å²) in [6.45, 7) is 6.40. The van der Waals surface area contributed by atoms with Gasteiger partial charge in [-0.25, -0.2) is 0 Å². The molecule has 5 heteroatoms. The first-order chi connectivity index (χ1) is 8.31. The first kappa shape index (κ1) is 14.7. The summed E-state index contributed by atoms with van der Waals surface area (Å²) in [7, 11) is -0.230. The molecule has 0 radical (unpaired) electrons. The van der Waals surface area contributed by atoms with Gasteiger partial charge in [0.25, 0.3) is 0 Å². The molecule has 0 aromatic heterocycles. The quantitative estimate of drug-likeness (QED) is 0.654. The van der Waals surface area contributed by atoms with Gasteiger partial charge in [0.2, 0.25) is 8.32 Å². The van der Waals surface area contributed by atoms with Gasteiger partial charge in [-0.15, -0.1) is 0 Å². The van der Waals surface area contributed by atoms with Crippen LogP contribution in [0.25, 0.3) is 0 Å². The fourth-order valence-corrected chi connectivity index (χ4v) is 2.38. The molecule has 0 aliphatic rings. The van der Waals surface area contributed by atoms with Crippen LogP contribution in [0.15, 0.2) is 24.3 Å². The fourth-order valence-electron chi connectivity index (χ4n) is 1.54. The van der Waals surface area contributed by atoms with E-state index in [1.54, 1.807) is 0 Å². The van der Waals surface area contributed by atoms with Gasteiger partial charge in [-0.1, -0.05) is 12.1 Å². The average Bonchev–Trinajstić information content (AvgIpc) is 2.28. The van der Waals surface area contributed by atoms with Crippen LogP contribution in [0.3, 0.4) is 0 Å². The fraction of sp³-hybridized carbons (Fsp3) is 0.462. The van der Waals surface area contributed by atoms with Gasteiger partial charge in [0, 0.05) is 0 Å². The third-order valence-corrected chi connectivity index (χ3v) is 3.16. The normalized spacial score (nSPS) is 12.9. The molecule has 4 nitrogen and oxygen atoms in total. The first-order valence-electron chi connectivity index (χ1n) is 5.93. The van der Waals surface area contributed by atoms with Crippen LogP contribution in [0, 0.1) is 0 Å². The monoisotopic (exact) mass is 267 g/mol. The highest BCUT2D eigenvalue weighted by Gasteiger charge is 2.17. The standard InChI is InChI=1S/C13H21NO3Si/c1-16-13(15)12(14)9-10-5-7-11(8-6-10)17-18(2,3)4/h5-8,12H,9,14H2,1-4H3/t12-/m0/s1. The van der Waals surface area contributed by atoms with E-state index in [0.29, 0.717) is 6.42 Å². The number of benzene rings is 1. The van der Waals surface area contributed by atoms with E-state index in [0.717, 1.165) is 11.3 Å². The van der Waals surface area contributed by atoms with E-state index in [1.165, 1.54) is 7.11 Å². The van der Waals surface area contributed by atoms with Crippen LogP contribution in [-0.2, 0) is 16.0 Å². The van der Waals surface area contributed by atoms with Gasteiger partial charge in [0.15, 0.2) is 0 Å². The lowest BCUT2D eigenvalue weighted by molar-refractivity contribution is -0.142. The third-order valence-electron chi connectivity index (χ3n) is 2.31. The van der Waals surface area contributed by atoms with Crippen LogP contribution >= 0.6 is 0 Å². The Morgan fingerprint density at radius 3 is 2.28 bits per heavy atom. The SMILES string of the molecule is COC(=O)[C@@H](N)Cc1ccc(O[Si](C)(C)C)cc1. The number of methoxy groups -OCH3 is 1. The van der Waals surface area contributed by atoms with Gasteiger partial charge in [-0.2, -0.15) is 0 Å². The molecule has 18 heavy (non-hydrogen) atoms.